The van der Waals surface area contributed by atoms with E-state index in [1.54, 1.807) is 0 Å². The van der Waals surface area contributed by atoms with Crippen LogP contribution in [0.4, 0.5) is 0 Å². The Morgan fingerprint density at radius 1 is 1.14 bits per heavy atom. The highest BCUT2D eigenvalue weighted by Crippen LogP contribution is 2.37. The SMILES string of the molecule is CNC(c1ccc2c(c1)CC(C)(C)O2)c1ccccc1C. The van der Waals surface area contributed by atoms with Crippen LogP contribution in [0.2, 0.25) is 0 Å². The summed E-state index contributed by atoms with van der Waals surface area (Å²) in [6, 6.07) is 15.4. The molecule has 110 valence electrons. The highest BCUT2D eigenvalue weighted by Gasteiger charge is 2.30. The molecule has 2 nitrogen and oxygen atoms in total. The number of rotatable bonds is 3. The van der Waals surface area contributed by atoms with Gasteiger partial charge in [-0.05, 0) is 56.1 Å². The van der Waals surface area contributed by atoms with Gasteiger partial charge in [-0.25, -0.2) is 0 Å². The number of nitrogens with one attached hydrogen (secondary N) is 1. The molecule has 2 aromatic rings. The first-order valence-corrected chi connectivity index (χ1v) is 7.55. The van der Waals surface area contributed by atoms with E-state index in [0.29, 0.717) is 0 Å². The van der Waals surface area contributed by atoms with Crippen LogP contribution in [0.3, 0.4) is 0 Å². The molecule has 1 unspecified atom stereocenters. The van der Waals surface area contributed by atoms with E-state index < -0.39 is 0 Å². The van der Waals surface area contributed by atoms with Crippen molar-refractivity contribution in [3.8, 4) is 5.75 Å². The Hall–Kier alpha value is -1.80. The summed E-state index contributed by atoms with van der Waals surface area (Å²) >= 11 is 0. The van der Waals surface area contributed by atoms with Crippen LogP contribution >= 0.6 is 0 Å². The van der Waals surface area contributed by atoms with E-state index in [4.69, 9.17) is 4.74 Å². The lowest BCUT2D eigenvalue weighted by Gasteiger charge is -2.20. The van der Waals surface area contributed by atoms with Crippen LogP contribution < -0.4 is 10.1 Å². The van der Waals surface area contributed by atoms with E-state index in [0.717, 1.165) is 12.2 Å². The first-order valence-electron chi connectivity index (χ1n) is 7.55. The molecule has 0 aromatic heterocycles. The Morgan fingerprint density at radius 3 is 2.62 bits per heavy atom. The zero-order valence-corrected chi connectivity index (χ0v) is 13.2. The molecule has 0 bridgehead atoms. The van der Waals surface area contributed by atoms with Gasteiger partial charge in [0.2, 0.25) is 0 Å². The molecule has 3 rings (SSSR count). The van der Waals surface area contributed by atoms with Crippen LogP contribution in [-0.2, 0) is 6.42 Å². The molecule has 0 saturated heterocycles. The fourth-order valence-electron chi connectivity index (χ4n) is 3.22. The fraction of sp³-hybridized carbons (Fsp3) is 0.368. The van der Waals surface area contributed by atoms with Crippen molar-refractivity contribution in [2.45, 2.75) is 38.8 Å². The van der Waals surface area contributed by atoms with E-state index >= 15 is 0 Å². The van der Waals surface area contributed by atoms with E-state index in [9.17, 15) is 0 Å². The van der Waals surface area contributed by atoms with Gasteiger partial charge in [-0.2, -0.15) is 0 Å². The minimum atomic E-state index is -0.0846. The summed E-state index contributed by atoms with van der Waals surface area (Å²) in [7, 11) is 2.02. The lowest BCUT2D eigenvalue weighted by Crippen LogP contribution is -2.24. The summed E-state index contributed by atoms with van der Waals surface area (Å²) in [6.45, 7) is 6.45. The van der Waals surface area contributed by atoms with Gasteiger partial charge in [-0.1, -0.05) is 36.4 Å². The Balaban J connectivity index is 1.99. The lowest BCUT2D eigenvalue weighted by atomic mass is 9.92. The van der Waals surface area contributed by atoms with Gasteiger partial charge in [0, 0.05) is 6.42 Å². The molecule has 1 heterocycles. The molecular weight excluding hydrogens is 258 g/mol. The smallest absolute Gasteiger partial charge is 0.123 e. The largest absolute Gasteiger partial charge is 0.487 e. The van der Waals surface area contributed by atoms with E-state index in [1.165, 1.54) is 22.3 Å². The van der Waals surface area contributed by atoms with Crippen LogP contribution in [-0.4, -0.2) is 12.6 Å². The minimum absolute atomic E-state index is 0.0846. The van der Waals surface area contributed by atoms with Gasteiger partial charge in [0.05, 0.1) is 6.04 Å². The molecule has 0 spiro atoms. The number of benzene rings is 2. The van der Waals surface area contributed by atoms with Gasteiger partial charge < -0.3 is 10.1 Å². The maximum absolute atomic E-state index is 5.97. The molecule has 1 N–H and O–H groups in total. The maximum Gasteiger partial charge on any atom is 0.123 e. The van der Waals surface area contributed by atoms with Crippen LogP contribution in [0.15, 0.2) is 42.5 Å². The summed E-state index contributed by atoms with van der Waals surface area (Å²) in [6.07, 6.45) is 0.973. The van der Waals surface area contributed by atoms with Crippen LogP contribution in [0, 0.1) is 6.92 Å². The van der Waals surface area contributed by atoms with Gasteiger partial charge in [-0.15, -0.1) is 0 Å². The van der Waals surface area contributed by atoms with Crippen molar-refractivity contribution in [3.05, 3.63) is 64.7 Å². The van der Waals surface area contributed by atoms with E-state index in [2.05, 4.69) is 68.6 Å². The Bertz CT molecular complexity index is 660. The second kappa shape index (κ2) is 5.19. The fourth-order valence-corrected chi connectivity index (χ4v) is 3.22. The van der Waals surface area contributed by atoms with Crippen molar-refractivity contribution < 1.29 is 4.74 Å². The van der Waals surface area contributed by atoms with Crippen molar-refractivity contribution in [1.82, 2.24) is 5.32 Å². The first kappa shape index (κ1) is 14.2. The normalized spacial score (nSPS) is 17.1. The number of ether oxygens (including phenoxy) is 1. The average molecular weight is 281 g/mol. The highest BCUT2D eigenvalue weighted by molar-refractivity contribution is 5.45. The molecule has 0 aliphatic carbocycles. The van der Waals surface area contributed by atoms with Crippen molar-refractivity contribution >= 4 is 0 Å². The van der Waals surface area contributed by atoms with Crippen LogP contribution in [0.1, 0.15) is 42.1 Å². The average Bonchev–Trinajstić information content (AvgIpc) is 2.75. The Kier molecular flexibility index (Phi) is 3.50. The predicted octanol–water partition coefficient (Wildman–Crippen LogP) is 4.02. The summed E-state index contributed by atoms with van der Waals surface area (Å²) in [5.74, 6) is 1.03. The third-order valence-corrected chi connectivity index (χ3v) is 4.21. The summed E-state index contributed by atoms with van der Waals surface area (Å²) in [5.41, 5.74) is 5.17. The van der Waals surface area contributed by atoms with Gasteiger partial charge in [0.25, 0.3) is 0 Å². The van der Waals surface area contributed by atoms with Crippen molar-refractivity contribution in [1.29, 1.82) is 0 Å². The highest BCUT2D eigenvalue weighted by atomic mass is 16.5. The third kappa shape index (κ3) is 2.68. The van der Waals surface area contributed by atoms with Crippen molar-refractivity contribution in [2.24, 2.45) is 0 Å². The molecule has 21 heavy (non-hydrogen) atoms. The molecule has 0 saturated carbocycles. The number of hydrogen-bond acceptors (Lipinski definition) is 2. The molecule has 1 atom stereocenters. The summed E-state index contributed by atoms with van der Waals surface area (Å²) in [5, 5.41) is 3.45. The predicted molar refractivity (Wildman–Crippen MR) is 86.9 cm³/mol. The second-order valence-electron chi connectivity index (χ2n) is 6.48. The topological polar surface area (TPSA) is 21.3 Å². The monoisotopic (exact) mass is 281 g/mol. The number of hydrogen-bond donors (Lipinski definition) is 1. The zero-order chi connectivity index (χ0) is 15.0. The Morgan fingerprint density at radius 2 is 1.90 bits per heavy atom. The standard InChI is InChI=1S/C19H23NO/c1-13-7-5-6-8-16(13)18(20-4)14-9-10-17-15(11-14)12-19(2,3)21-17/h5-11,18,20H,12H2,1-4H3. The zero-order valence-electron chi connectivity index (χ0n) is 13.2. The molecule has 2 heteroatoms. The summed E-state index contributed by atoms with van der Waals surface area (Å²) < 4.78 is 5.97. The van der Waals surface area contributed by atoms with Crippen molar-refractivity contribution in [3.63, 3.8) is 0 Å². The van der Waals surface area contributed by atoms with Crippen LogP contribution in [0.5, 0.6) is 5.75 Å². The quantitative estimate of drug-likeness (QED) is 0.917. The van der Waals surface area contributed by atoms with Crippen molar-refractivity contribution in [2.75, 3.05) is 7.05 Å². The van der Waals surface area contributed by atoms with Crippen LogP contribution in [0.25, 0.3) is 0 Å². The first-order chi connectivity index (χ1) is 10.00. The lowest BCUT2D eigenvalue weighted by molar-refractivity contribution is 0.138. The minimum Gasteiger partial charge on any atom is -0.487 e. The second-order valence-corrected chi connectivity index (χ2v) is 6.48. The molecule has 0 amide bonds. The molecule has 1 aliphatic rings. The molecule has 0 radical (unpaired) electrons. The van der Waals surface area contributed by atoms with E-state index in [-0.39, 0.29) is 11.6 Å². The van der Waals surface area contributed by atoms with Gasteiger partial charge >= 0.3 is 0 Å². The maximum atomic E-state index is 5.97. The summed E-state index contributed by atoms with van der Waals surface area (Å²) in [4.78, 5) is 0. The third-order valence-electron chi connectivity index (χ3n) is 4.21. The molecular formula is C19H23NO. The van der Waals surface area contributed by atoms with Gasteiger partial charge in [0.15, 0.2) is 0 Å². The number of aryl methyl sites for hydroxylation is 1. The Labute approximate surface area is 127 Å². The molecule has 1 aliphatic heterocycles. The van der Waals surface area contributed by atoms with Gasteiger partial charge in [-0.3, -0.25) is 0 Å². The number of fused-ring (bicyclic) bond motifs is 1. The van der Waals surface area contributed by atoms with Gasteiger partial charge in [0.1, 0.15) is 11.4 Å². The molecule has 2 aromatic carbocycles. The molecule has 0 fully saturated rings. The van der Waals surface area contributed by atoms with E-state index in [1.807, 2.05) is 7.05 Å².